The van der Waals surface area contributed by atoms with Crippen LogP contribution >= 0.6 is 15.9 Å². The number of nitrogens with zero attached hydrogens (tertiary/aromatic N) is 3. The molecule has 144 valence electrons. The Bertz CT molecular complexity index is 869. The van der Waals surface area contributed by atoms with Gasteiger partial charge in [-0.2, -0.15) is 0 Å². The number of methoxy groups -OCH3 is 1. The molecule has 1 fully saturated rings. The largest absolute Gasteiger partial charge is 0.464 e. The molecule has 6 nitrogen and oxygen atoms in total. The van der Waals surface area contributed by atoms with Gasteiger partial charge in [-0.15, -0.1) is 0 Å². The van der Waals surface area contributed by atoms with Gasteiger partial charge < -0.3 is 14.5 Å². The molecular weight excluding hydrogens is 410 g/mol. The van der Waals surface area contributed by atoms with E-state index in [1.807, 2.05) is 36.9 Å². The summed E-state index contributed by atoms with van der Waals surface area (Å²) in [5.74, 6) is -0.262. The molecule has 0 N–H and O–H groups in total. The minimum Gasteiger partial charge on any atom is -0.464 e. The highest BCUT2D eigenvalue weighted by Gasteiger charge is 2.23. The molecule has 0 atom stereocenters. The van der Waals surface area contributed by atoms with Crippen molar-refractivity contribution in [2.24, 2.45) is 5.92 Å². The number of benzene rings is 1. The van der Waals surface area contributed by atoms with Crippen LogP contribution in [0.1, 0.15) is 30.8 Å². The van der Waals surface area contributed by atoms with Gasteiger partial charge in [0.25, 0.3) is 0 Å². The van der Waals surface area contributed by atoms with Crippen LogP contribution in [-0.4, -0.2) is 55.0 Å². The van der Waals surface area contributed by atoms with Crippen molar-refractivity contribution in [1.82, 2.24) is 9.88 Å². The van der Waals surface area contributed by atoms with Crippen LogP contribution in [0.15, 0.2) is 28.7 Å². The number of hydrogen-bond donors (Lipinski definition) is 0. The highest BCUT2D eigenvalue weighted by Crippen LogP contribution is 2.30. The molecule has 0 spiro atoms. The fourth-order valence-corrected chi connectivity index (χ4v) is 3.76. The average molecular weight is 434 g/mol. The Hall–Kier alpha value is -2.15. The normalized spacial score (nSPS) is 15.1. The summed E-state index contributed by atoms with van der Waals surface area (Å²) in [5.41, 5.74) is 1.98. The molecule has 7 heteroatoms. The van der Waals surface area contributed by atoms with Gasteiger partial charge in [-0.05, 0) is 30.7 Å². The van der Waals surface area contributed by atoms with E-state index < -0.39 is 5.97 Å². The van der Waals surface area contributed by atoms with Crippen molar-refractivity contribution in [3.05, 3.63) is 34.4 Å². The zero-order valence-electron chi connectivity index (χ0n) is 15.9. The molecule has 0 saturated carbocycles. The molecule has 0 aliphatic carbocycles. The van der Waals surface area contributed by atoms with Crippen LogP contribution in [0.3, 0.4) is 0 Å². The smallest absolute Gasteiger partial charge is 0.356 e. The summed E-state index contributed by atoms with van der Waals surface area (Å²) in [6.45, 7) is 6.81. The molecule has 1 aromatic carbocycles. The molecule has 2 heterocycles. The molecular formula is C20H24BrN3O3. The van der Waals surface area contributed by atoms with Gasteiger partial charge >= 0.3 is 5.97 Å². The maximum atomic E-state index is 12.4. The second kappa shape index (κ2) is 8.25. The van der Waals surface area contributed by atoms with Crippen LogP contribution in [0.5, 0.6) is 0 Å². The summed E-state index contributed by atoms with van der Waals surface area (Å²) in [7, 11) is 1.36. The fourth-order valence-electron chi connectivity index (χ4n) is 3.39. The van der Waals surface area contributed by atoms with Crippen molar-refractivity contribution < 1.29 is 14.3 Å². The summed E-state index contributed by atoms with van der Waals surface area (Å²) < 4.78 is 5.82. The lowest BCUT2D eigenvalue weighted by Gasteiger charge is -2.26. The first-order chi connectivity index (χ1) is 12.9. The van der Waals surface area contributed by atoms with E-state index in [0.29, 0.717) is 18.8 Å². The SMILES string of the molecule is COC(=O)c1cc(N2CCCN(C(=O)C(C)C)CC2)c2cc(Br)ccc2n1. The van der Waals surface area contributed by atoms with Gasteiger partial charge in [0.05, 0.1) is 12.6 Å². The zero-order valence-corrected chi connectivity index (χ0v) is 17.5. The van der Waals surface area contributed by atoms with Crippen molar-refractivity contribution in [2.75, 3.05) is 38.2 Å². The van der Waals surface area contributed by atoms with E-state index >= 15 is 0 Å². The number of amides is 1. The van der Waals surface area contributed by atoms with Crippen molar-refractivity contribution >= 4 is 44.4 Å². The lowest BCUT2D eigenvalue weighted by Crippen LogP contribution is -2.37. The number of anilines is 1. The predicted molar refractivity (Wildman–Crippen MR) is 109 cm³/mol. The van der Waals surface area contributed by atoms with E-state index in [1.165, 1.54) is 7.11 Å². The number of esters is 1. The van der Waals surface area contributed by atoms with Crippen LogP contribution in [0.2, 0.25) is 0 Å². The second-order valence-corrected chi connectivity index (χ2v) is 7.92. The van der Waals surface area contributed by atoms with Crippen LogP contribution in [0, 0.1) is 5.92 Å². The number of halogens is 1. The monoisotopic (exact) mass is 433 g/mol. The third-order valence-electron chi connectivity index (χ3n) is 4.79. The number of carbonyl (C=O) groups is 2. The summed E-state index contributed by atoms with van der Waals surface area (Å²) in [6, 6.07) is 7.61. The molecule has 1 amide bonds. The molecule has 0 bridgehead atoms. The minimum absolute atomic E-state index is 0.000174. The summed E-state index contributed by atoms with van der Waals surface area (Å²) in [5, 5.41) is 0.973. The Morgan fingerprint density at radius 2 is 1.93 bits per heavy atom. The van der Waals surface area contributed by atoms with E-state index in [1.54, 1.807) is 6.07 Å². The van der Waals surface area contributed by atoms with Gasteiger partial charge in [-0.25, -0.2) is 9.78 Å². The summed E-state index contributed by atoms with van der Waals surface area (Å²) in [6.07, 6.45) is 0.879. The van der Waals surface area contributed by atoms with E-state index in [2.05, 4.69) is 25.8 Å². The van der Waals surface area contributed by atoms with Gasteiger partial charge in [-0.1, -0.05) is 29.8 Å². The van der Waals surface area contributed by atoms with E-state index in [-0.39, 0.29) is 11.8 Å². The Balaban J connectivity index is 1.98. The molecule has 1 aliphatic rings. The highest BCUT2D eigenvalue weighted by atomic mass is 79.9. The third-order valence-corrected chi connectivity index (χ3v) is 5.28. The number of hydrogen-bond acceptors (Lipinski definition) is 5. The number of carbonyl (C=O) groups excluding carboxylic acids is 2. The molecule has 1 aromatic heterocycles. The molecule has 1 aliphatic heterocycles. The molecule has 27 heavy (non-hydrogen) atoms. The fraction of sp³-hybridized carbons (Fsp3) is 0.450. The van der Waals surface area contributed by atoms with Crippen LogP contribution < -0.4 is 4.90 Å². The topological polar surface area (TPSA) is 62.7 Å². The van der Waals surface area contributed by atoms with Crippen LogP contribution in [0.25, 0.3) is 10.9 Å². The highest BCUT2D eigenvalue weighted by molar-refractivity contribution is 9.10. The number of aromatic nitrogens is 1. The molecule has 1 saturated heterocycles. The number of fused-ring (bicyclic) bond motifs is 1. The van der Waals surface area contributed by atoms with Gasteiger partial charge in [0.1, 0.15) is 0 Å². The standard InChI is InChI=1S/C20H24BrN3O3/c1-13(2)19(25)24-8-4-7-23(9-10-24)18-12-17(20(26)27-3)22-16-6-5-14(21)11-15(16)18/h5-6,11-13H,4,7-10H2,1-3H3. The van der Waals surface area contributed by atoms with Gasteiger partial charge in [0, 0.05) is 47.6 Å². The van der Waals surface area contributed by atoms with Crippen molar-refractivity contribution in [1.29, 1.82) is 0 Å². The number of ether oxygens (including phenoxy) is 1. The van der Waals surface area contributed by atoms with Crippen molar-refractivity contribution in [2.45, 2.75) is 20.3 Å². The maximum absolute atomic E-state index is 12.4. The first-order valence-electron chi connectivity index (χ1n) is 9.13. The minimum atomic E-state index is -0.451. The first-order valence-corrected chi connectivity index (χ1v) is 9.92. The average Bonchev–Trinajstić information content (AvgIpc) is 2.91. The lowest BCUT2D eigenvalue weighted by atomic mass is 10.1. The predicted octanol–water partition coefficient (Wildman–Crippen LogP) is 3.48. The van der Waals surface area contributed by atoms with E-state index in [9.17, 15) is 9.59 Å². The number of rotatable bonds is 3. The second-order valence-electron chi connectivity index (χ2n) is 7.00. The Labute approximate surface area is 167 Å². The Kier molecular flexibility index (Phi) is 5.99. The third kappa shape index (κ3) is 4.24. The van der Waals surface area contributed by atoms with Crippen molar-refractivity contribution in [3.63, 3.8) is 0 Å². The van der Waals surface area contributed by atoms with Crippen LogP contribution in [-0.2, 0) is 9.53 Å². The number of pyridine rings is 1. The zero-order chi connectivity index (χ0) is 19.6. The first kappa shape index (κ1) is 19.6. The summed E-state index contributed by atoms with van der Waals surface area (Å²) in [4.78, 5) is 33.1. The quantitative estimate of drug-likeness (QED) is 0.693. The van der Waals surface area contributed by atoms with Crippen LogP contribution in [0.4, 0.5) is 5.69 Å². The molecule has 0 unspecified atom stereocenters. The van der Waals surface area contributed by atoms with Crippen molar-refractivity contribution in [3.8, 4) is 0 Å². The Morgan fingerprint density at radius 1 is 1.15 bits per heavy atom. The van der Waals surface area contributed by atoms with E-state index in [4.69, 9.17) is 4.74 Å². The van der Waals surface area contributed by atoms with Gasteiger partial charge in [-0.3, -0.25) is 4.79 Å². The molecule has 0 radical (unpaired) electrons. The Morgan fingerprint density at radius 3 is 2.63 bits per heavy atom. The van der Waals surface area contributed by atoms with Gasteiger partial charge in [0.15, 0.2) is 5.69 Å². The lowest BCUT2D eigenvalue weighted by molar-refractivity contribution is -0.134. The molecule has 3 rings (SSSR count). The maximum Gasteiger partial charge on any atom is 0.356 e. The summed E-state index contributed by atoms with van der Waals surface area (Å²) >= 11 is 3.52. The van der Waals surface area contributed by atoms with E-state index in [0.717, 1.165) is 40.6 Å². The molecule has 2 aromatic rings. The van der Waals surface area contributed by atoms with Gasteiger partial charge in [0.2, 0.25) is 5.91 Å².